The number of hydrogen-bond donors (Lipinski definition) is 1. The third kappa shape index (κ3) is 5.83. The third-order valence-corrected chi connectivity index (χ3v) is 6.10. The summed E-state index contributed by atoms with van der Waals surface area (Å²) in [5, 5.41) is 3.40. The van der Waals surface area contributed by atoms with Gasteiger partial charge in [0.15, 0.2) is 17.3 Å². The standard InChI is InChI=1S/C24H28N4O3S/c1-17-5-7-18(8-6-17)15-22-26-24(32-27-22)31-21-16-19(9-10-20(21)30-2)23(29)25-11-14-28-12-3-4-13-28/h5-10,16H,3-4,11-15H2,1-2H3,(H,25,29). The number of aryl methyl sites for hydroxylation is 1. The van der Waals surface area contributed by atoms with Gasteiger partial charge in [-0.15, -0.1) is 0 Å². The highest BCUT2D eigenvalue weighted by molar-refractivity contribution is 7.07. The van der Waals surface area contributed by atoms with Gasteiger partial charge in [-0.2, -0.15) is 9.36 Å². The van der Waals surface area contributed by atoms with Crippen molar-refractivity contribution in [3.8, 4) is 16.7 Å². The fraction of sp³-hybridized carbons (Fsp3) is 0.375. The van der Waals surface area contributed by atoms with Crippen LogP contribution in [0, 0.1) is 6.92 Å². The van der Waals surface area contributed by atoms with E-state index in [4.69, 9.17) is 9.47 Å². The third-order valence-electron chi connectivity index (χ3n) is 5.47. The van der Waals surface area contributed by atoms with Crippen LogP contribution in [0.15, 0.2) is 42.5 Å². The molecule has 2 heterocycles. The molecule has 0 saturated carbocycles. The van der Waals surface area contributed by atoms with Crippen molar-refractivity contribution in [2.24, 2.45) is 0 Å². The van der Waals surface area contributed by atoms with Crippen LogP contribution < -0.4 is 14.8 Å². The molecule has 0 aliphatic carbocycles. The highest BCUT2D eigenvalue weighted by Gasteiger charge is 2.16. The summed E-state index contributed by atoms with van der Waals surface area (Å²) in [6, 6.07) is 13.5. The number of nitrogens with zero attached hydrogens (tertiary/aromatic N) is 3. The Kier molecular flexibility index (Phi) is 7.34. The molecule has 0 bridgehead atoms. The Morgan fingerprint density at radius 1 is 1.12 bits per heavy atom. The second kappa shape index (κ2) is 10.6. The minimum atomic E-state index is -0.131. The van der Waals surface area contributed by atoms with Gasteiger partial charge in [-0.1, -0.05) is 29.8 Å². The zero-order valence-corrected chi connectivity index (χ0v) is 19.3. The zero-order chi connectivity index (χ0) is 22.3. The Morgan fingerprint density at radius 2 is 1.91 bits per heavy atom. The number of methoxy groups -OCH3 is 1. The molecule has 0 spiro atoms. The summed E-state index contributed by atoms with van der Waals surface area (Å²) in [4.78, 5) is 19.5. The van der Waals surface area contributed by atoms with Crippen molar-refractivity contribution in [2.75, 3.05) is 33.3 Å². The summed E-state index contributed by atoms with van der Waals surface area (Å²) >= 11 is 1.18. The van der Waals surface area contributed by atoms with E-state index >= 15 is 0 Å². The number of amides is 1. The van der Waals surface area contributed by atoms with E-state index in [-0.39, 0.29) is 5.91 Å². The number of carbonyl (C=O) groups excluding carboxylic acids is 1. The van der Waals surface area contributed by atoms with Gasteiger partial charge in [-0.3, -0.25) is 4.79 Å². The molecule has 1 aliphatic heterocycles. The lowest BCUT2D eigenvalue weighted by Crippen LogP contribution is -2.33. The molecule has 0 radical (unpaired) electrons. The van der Waals surface area contributed by atoms with Crippen molar-refractivity contribution in [3.63, 3.8) is 0 Å². The summed E-state index contributed by atoms with van der Waals surface area (Å²) in [5.41, 5.74) is 2.88. The lowest BCUT2D eigenvalue weighted by Gasteiger charge is -2.15. The number of aromatic nitrogens is 2. The summed E-state index contributed by atoms with van der Waals surface area (Å²) in [6.45, 7) is 5.79. The van der Waals surface area contributed by atoms with E-state index in [0.29, 0.717) is 41.0 Å². The molecule has 4 rings (SSSR count). The number of hydrogen-bond acceptors (Lipinski definition) is 7. The Balaban J connectivity index is 1.39. The highest BCUT2D eigenvalue weighted by Crippen LogP contribution is 2.33. The quantitative estimate of drug-likeness (QED) is 0.528. The fourth-order valence-electron chi connectivity index (χ4n) is 3.67. The monoisotopic (exact) mass is 452 g/mol. The Bertz CT molecular complexity index is 1050. The number of benzene rings is 2. The molecular formula is C24H28N4O3S. The molecular weight excluding hydrogens is 424 g/mol. The van der Waals surface area contributed by atoms with Crippen molar-refractivity contribution >= 4 is 17.4 Å². The molecule has 168 valence electrons. The molecule has 1 saturated heterocycles. The zero-order valence-electron chi connectivity index (χ0n) is 18.5. The van der Waals surface area contributed by atoms with Crippen molar-refractivity contribution in [1.29, 1.82) is 0 Å². The maximum Gasteiger partial charge on any atom is 0.298 e. The smallest absolute Gasteiger partial charge is 0.298 e. The van der Waals surface area contributed by atoms with Gasteiger partial charge < -0.3 is 19.7 Å². The average molecular weight is 453 g/mol. The van der Waals surface area contributed by atoms with Gasteiger partial charge in [-0.25, -0.2) is 0 Å². The molecule has 32 heavy (non-hydrogen) atoms. The van der Waals surface area contributed by atoms with Gasteiger partial charge in [0.05, 0.1) is 7.11 Å². The van der Waals surface area contributed by atoms with E-state index in [2.05, 4.69) is 50.8 Å². The van der Waals surface area contributed by atoms with Crippen LogP contribution in [0.4, 0.5) is 0 Å². The molecule has 0 unspecified atom stereocenters. The largest absolute Gasteiger partial charge is 0.493 e. The van der Waals surface area contributed by atoms with Gasteiger partial charge in [0.2, 0.25) is 0 Å². The van der Waals surface area contributed by atoms with E-state index in [1.54, 1.807) is 25.3 Å². The van der Waals surface area contributed by atoms with Crippen LogP contribution in [-0.4, -0.2) is 53.5 Å². The van der Waals surface area contributed by atoms with Gasteiger partial charge in [0.1, 0.15) is 0 Å². The molecule has 1 aromatic heterocycles. The number of ether oxygens (including phenoxy) is 2. The maximum atomic E-state index is 12.6. The first-order valence-corrected chi connectivity index (χ1v) is 11.6. The van der Waals surface area contributed by atoms with Crippen molar-refractivity contribution in [1.82, 2.24) is 19.6 Å². The highest BCUT2D eigenvalue weighted by atomic mass is 32.1. The summed E-state index contributed by atoms with van der Waals surface area (Å²) in [7, 11) is 1.57. The van der Waals surface area contributed by atoms with E-state index in [1.165, 1.54) is 29.9 Å². The molecule has 8 heteroatoms. The minimum Gasteiger partial charge on any atom is -0.493 e. The topological polar surface area (TPSA) is 76.6 Å². The molecule has 1 N–H and O–H groups in total. The van der Waals surface area contributed by atoms with Crippen LogP contribution in [0.1, 0.15) is 40.2 Å². The lowest BCUT2D eigenvalue weighted by molar-refractivity contribution is 0.0949. The average Bonchev–Trinajstić information content (AvgIpc) is 3.47. The predicted molar refractivity (Wildman–Crippen MR) is 125 cm³/mol. The van der Waals surface area contributed by atoms with Crippen LogP contribution >= 0.6 is 11.5 Å². The van der Waals surface area contributed by atoms with Gasteiger partial charge in [0, 0.05) is 36.6 Å². The second-order valence-corrected chi connectivity index (χ2v) is 8.63. The molecule has 1 aliphatic rings. The van der Waals surface area contributed by atoms with E-state index in [0.717, 1.165) is 25.2 Å². The van der Waals surface area contributed by atoms with Crippen molar-refractivity contribution in [2.45, 2.75) is 26.2 Å². The van der Waals surface area contributed by atoms with Crippen LogP contribution in [0.25, 0.3) is 0 Å². The first kappa shape index (κ1) is 22.2. The first-order valence-electron chi connectivity index (χ1n) is 10.9. The first-order chi connectivity index (χ1) is 15.6. The molecule has 1 fully saturated rings. The van der Waals surface area contributed by atoms with Gasteiger partial charge >= 0.3 is 0 Å². The Hall–Kier alpha value is -2.97. The second-order valence-electron chi connectivity index (χ2n) is 7.91. The number of likely N-dealkylation sites (tertiary alicyclic amines) is 1. The van der Waals surface area contributed by atoms with Gasteiger partial charge in [-0.05, 0) is 56.6 Å². The molecule has 1 amide bonds. The van der Waals surface area contributed by atoms with Crippen LogP contribution in [-0.2, 0) is 6.42 Å². The summed E-state index contributed by atoms with van der Waals surface area (Å²) in [6.07, 6.45) is 3.12. The molecule has 0 atom stereocenters. The molecule has 7 nitrogen and oxygen atoms in total. The van der Waals surface area contributed by atoms with Gasteiger partial charge in [0.25, 0.3) is 11.1 Å². The van der Waals surface area contributed by atoms with Crippen molar-refractivity contribution in [3.05, 3.63) is 65.0 Å². The summed E-state index contributed by atoms with van der Waals surface area (Å²) < 4.78 is 15.8. The Labute approximate surface area is 192 Å². The lowest BCUT2D eigenvalue weighted by atomic mass is 10.1. The summed E-state index contributed by atoms with van der Waals surface area (Å²) in [5.74, 6) is 1.55. The minimum absolute atomic E-state index is 0.131. The number of carbonyl (C=O) groups is 1. The van der Waals surface area contributed by atoms with E-state index in [9.17, 15) is 4.79 Å². The number of rotatable bonds is 9. The van der Waals surface area contributed by atoms with Crippen LogP contribution in [0.3, 0.4) is 0 Å². The number of nitrogens with one attached hydrogen (secondary N) is 1. The SMILES string of the molecule is COc1ccc(C(=O)NCCN2CCCC2)cc1Oc1nc(Cc2ccc(C)cc2)ns1. The fourth-order valence-corrected chi connectivity index (χ4v) is 4.23. The maximum absolute atomic E-state index is 12.6. The molecule has 2 aromatic carbocycles. The predicted octanol–water partition coefficient (Wildman–Crippen LogP) is 4.06. The van der Waals surface area contributed by atoms with Crippen LogP contribution in [0.2, 0.25) is 0 Å². The molecule has 3 aromatic rings. The van der Waals surface area contributed by atoms with Crippen LogP contribution in [0.5, 0.6) is 16.7 Å². The Morgan fingerprint density at radius 3 is 2.66 bits per heavy atom. The van der Waals surface area contributed by atoms with Crippen molar-refractivity contribution < 1.29 is 14.3 Å². The normalized spacial score (nSPS) is 13.8. The van der Waals surface area contributed by atoms with E-state index < -0.39 is 0 Å². The van der Waals surface area contributed by atoms with E-state index in [1.807, 2.05) is 0 Å².